The summed E-state index contributed by atoms with van der Waals surface area (Å²) in [6.45, 7) is 5.68. The van der Waals surface area contributed by atoms with Crippen molar-refractivity contribution in [2.75, 3.05) is 26.3 Å². The Morgan fingerprint density at radius 1 is 1.35 bits per heavy atom. The summed E-state index contributed by atoms with van der Waals surface area (Å²) in [5, 5.41) is 2.73. The first kappa shape index (κ1) is 14.6. The van der Waals surface area contributed by atoms with Gasteiger partial charge in [0.05, 0.1) is 26.0 Å². The van der Waals surface area contributed by atoms with Crippen molar-refractivity contribution in [1.29, 1.82) is 0 Å². The SMILES string of the molecule is CC(C)(C(=O)NCc1ccco1)C(=O)N1CCOCC1. The third kappa shape index (κ3) is 3.19. The number of carbonyl (C=O) groups is 2. The monoisotopic (exact) mass is 280 g/mol. The van der Waals surface area contributed by atoms with Crippen LogP contribution in [0.25, 0.3) is 0 Å². The van der Waals surface area contributed by atoms with E-state index in [9.17, 15) is 9.59 Å². The van der Waals surface area contributed by atoms with Crippen LogP contribution in [0.15, 0.2) is 22.8 Å². The van der Waals surface area contributed by atoms with Crippen LogP contribution in [0, 0.1) is 5.41 Å². The Morgan fingerprint density at radius 2 is 2.05 bits per heavy atom. The Hall–Kier alpha value is -1.82. The number of furan rings is 1. The quantitative estimate of drug-likeness (QED) is 0.827. The van der Waals surface area contributed by atoms with E-state index >= 15 is 0 Å². The highest BCUT2D eigenvalue weighted by molar-refractivity contribution is 6.04. The van der Waals surface area contributed by atoms with Gasteiger partial charge in [0.15, 0.2) is 0 Å². The molecular weight excluding hydrogens is 260 g/mol. The van der Waals surface area contributed by atoms with Crippen molar-refractivity contribution in [3.05, 3.63) is 24.2 Å². The van der Waals surface area contributed by atoms with Gasteiger partial charge in [0.1, 0.15) is 11.2 Å². The van der Waals surface area contributed by atoms with Crippen LogP contribution in [0.2, 0.25) is 0 Å². The third-order valence-corrected chi connectivity index (χ3v) is 3.40. The first-order chi connectivity index (χ1) is 9.51. The summed E-state index contributed by atoms with van der Waals surface area (Å²) in [4.78, 5) is 26.3. The highest BCUT2D eigenvalue weighted by Crippen LogP contribution is 2.20. The molecule has 1 aromatic rings. The largest absolute Gasteiger partial charge is 0.467 e. The lowest BCUT2D eigenvalue weighted by Crippen LogP contribution is -2.52. The third-order valence-electron chi connectivity index (χ3n) is 3.40. The molecule has 1 N–H and O–H groups in total. The lowest BCUT2D eigenvalue weighted by molar-refractivity contribution is -0.151. The topological polar surface area (TPSA) is 71.8 Å². The van der Waals surface area contributed by atoms with E-state index in [2.05, 4.69) is 5.32 Å². The normalized spacial score (nSPS) is 16.0. The zero-order valence-electron chi connectivity index (χ0n) is 11.8. The Balaban J connectivity index is 1.93. The maximum absolute atomic E-state index is 12.4. The van der Waals surface area contributed by atoms with Gasteiger partial charge in [-0.15, -0.1) is 0 Å². The minimum atomic E-state index is -1.09. The van der Waals surface area contributed by atoms with Gasteiger partial charge in [0, 0.05) is 13.1 Å². The van der Waals surface area contributed by atoms with Gasteiger partial charge in [-0.3, -0.25) is 9.59 Å². The van der Waals surface area contributed by atoms with E-state index in [0.29, 0.717) is 32.1 Å². The first-order valence-corrected chi connectivity index (χ1v) is 6.69. The van der Waals surface area contributed by atoms with E-state index in [4.69, 9.17) is 9.15 Å². The summed E-state index contributed by atoms with van der Waals surface area (Å²) in [6.07, 6.45) is 1.55. The molecule has 2 amide bonds. The Morgan fingerprint density at radius 3 is 2.65 bits per heavy atom. The highest BCUT2D eigenvalue weighted by Gasteiger charge is 2.39. The Kier molecular flexibility index (Phi) is 4.44. The Labute approximate surface area is 118 Å². The summed E-state index contributed by atoms with van der Waals surface area (Å²) in [7, 11) is 0. The summed E-state index contributed by atoms with van der Waals surface area (Å²) >= 11 is 0. The van der Waals surface area contributed by atoms with E-state index in [1.807, 2.05) is 0 Å². The number of carbonyl (C=O) groups excluding carboxylic acids is 2. The number of nitrogens with zero attached hydrogens (tertiary/aromatic N) is 1. The molecule has 1 aliphatic rings. The van der Waals surface area contributed by atoms with Gasteiger partial charge in [-0.05, 0) is 26.0 Å². The molecule has 20 heavy (non-hydrogen) atoms. The molecule has 1 fully saturated rings. The second-order valence-corrected chi connectivity index (χ2v) is 5.29. The molecule has 0 unspecified atom stereocenters. The molecule has 0 atom stereocenters. The van der Waals surface area contributed by atoms with Crippen LogP contribution in [-0.4, -0.2) is 43.0 Å². The summed E-state index contributed by atoms with van der Waals surface area (Å²) in [5.74, 6) is 0.191. The molecule has 6 heteroatoms. The van der Waals surface area contributed by atoms with Crippen LogP contribution in [0.1, 0.15) is 19.6 Å². The van der Waals surface area contributed by atoms with E-state index in [-0.39, 0.29) is 18.4 Å². The van der Waals surface area contributed by atoms with Gasteiger partial charge in [-0.1, -0.05) is 0 Å². The number of hydrogen-bond acceptors (Lipinski definition) is 4. The lowest BCUT2D eigenvalue weighted by Gasteiger charge is -2.33. The molecule has 2 heterocycles. The smallest absolute Gasteiger partial charge is 0.237 e. The summed E-state index contributed by atoms with van der Waals surface area (Å²) < 4.78 is 10.4. The number of ether oxygens (including phenoxy) is 1. The Bertz CT molecular complexity index is 462. The fourth-order valence-corrected chi connectivity index (χ4v) is 2.06. The fourth-order valence-electron chi connectivity index (χ4n) is 2.06. The van der Waals surface area contributed by atoms with Crippen molar-refractivity contribution in [1.82, 2.24) is 10.2 Å². The highest BCUT2D eigenvalue weighted by atomic mass is 16.5. The maximum atomic E-state index is 12.4. The van der Waals surface area contributed by atoms with Crippen molar-refractivity contribution >= 4 is 11.8 Å². The van der Waals surface area contributed by atoms with Crippen molar-refractivity contribution in [2.24, 2.45) is 5.41 Å². The van der Waals surface area contributed by atoms with Crippen molar-refractivity contribution in [2.45, 2.75) is 20.4 Å². The van der Waals surface area contributed by atoms with Crippen LogP contribution < -0.4 is 5.32 Å². The number of morpholine rings is 1. The van der Waals surface area contributed by atoms with E-state index in [1.165, 1.54) is 0 Å². The fraction of sp³-hybridized carbons (Fsp3) is 0.571. The van der Waals surface area contributed by atoms with E-state index < -0.39 is 5.41 Å². The van der Waals surface area contributed by atoms with Crippen LogP contribution >= 0.6 is 0 Å². The molecule has 6 nitrogen and oxygen atoms in total. The molecule has 110 valence electrons. The van der Waals surface area contributed by atoms with Crippen LogP contribution in [0.5, 0.6) is 0 Å². The van der Waals surface area contributed by atoms with Gasteiger partial charge >= 0.3 is 0 Å². The zero-order chi connectivity index (χ0) is 14.6. The molecule has 0 saturated carbocycles. The molecule has 1 saturated heterocycles. The predicted octanol–water partition coefficient (Wildman–Crippen LogP) is 0.781. The average molecular weight is 280 g/mol. The molecule has 0 aliphatic carbocycles. The van der Waals surface area contributed by atoms with E-state index in [1.54, 1.807) is 37.1 Å². The molecule has 0 aromatic carbocycles. The minimum absolute atomic E-state index is 0.169. The molecule has 0 bridgehead atoms. The van der Waals surface area contributed by atoms with Gasteiger partial charge in [0.25, 0.3) is 0 Å². The van der Waals surface area contributed by atoms with Gasteiger partial charge in [-0.25, -0.2) is 0 Å². The standard InChI is InChI=1S/C14H20N2O4/c1-14(2,13(18)16-5-8-19-9-6-16)12(17)15-10-11-4-3-7-20-11/h3-4,7H,5-6,8-10H2,1-2H3,(H,15,17). The first-order valence-electron chi connectivity index (χ1n) is 6.69. The van der Waals surface area contributed by atoms with Crippen molar-refractivity contribution in [3.63, 3.8) is 0 Å². The molecule has 0 spiro atoms. The van der Waals surface area contributed by atoms with Crippen LogP contribution in [-0.2, 0) is 20.9 Å². The molecule has 2 rings (SSSR count). The second-order valence-electron chi connectivity index (χ2n) is 5.29. The van der Waals surface area contributed by atoms with Gasteiger partial charge in [-0.2, -0.15) is 0 Å². The summed E-state index contributed by atoms with van der Waals surface area (Å²) in [6, 6.07) is 3.53. The average Bonchev–Trinajstić information content (AvgIpc) is 2.98. The second kappa shape index (κ2) is 6.09. The minimum Gasteiger partial charge on any atom is -0.467 e. The van der Waals surface area contributed by atoms with Crippen molar-refractivity contribution < 1.29 is 18.7 Å². The van der Waals surface area contributed by atoms with Gasteiger partial charge < -0.3 is 19.4 Å². The molecule has 1 aromatic heterocycles. The van der Waals surface area contributed by atoms with Gasteiger partial charge in [0.2, 0.25) is 11.8 Å². The molecular formula is C14H20N2O4. The number of rotatable bonds is 4. The zero-order valence-corrected chi connectivity index (χ0v) is 11.8. The lowest BCUT2D eigenvalue weighted by atomic mass is 9.90. The predicted molar refractivity (Wildman–Crippen MR) is 71.7 cm³/mol. The van der Waals surface area contributed by atoms with Crippen LogP contribution in [0.3, 0.4) is 0 Å². The number of amides is 2. The maximum Gasteiger partial charge on any atom is 0.237 e. The number of hydrogen-bond donors (Lipinski definition) is 1. The van der Waals surface area contributed by atoms with Crippen LogP contribution in [0.4, 0.5) is 0 Å². The summed E-state index contributed by atoms with van der Waals surface area (Å²) in [5.41, 5.74) is -1.09. The van der Waals surface area contributed by atoms with Crippen molar-refractivity contribution in [3.8, 4) is 0 Å². The van der Waals surface area contributed by atoms with E-state index in [0.717, 1.165) is 0 Å². The number of nitrogens with one attached hydrogen (secondary N) is 1. The molecule has 1 aliphatic heterocycles. The molecule has 0 radical (unpaired) electrons.